The first-order chi connectivity index (χ1) is 27.9. The van der Waals surface area contributed by atoms with Gasteiger partial charge in [-0.25, -0.2) is 0 Å². The molecular formula is C57H42. The summed E-state index contributed by atoms with van der Waals surface area (Å²) in [7, 11) is 0. The highest BCUT2D eigenvalue weighted by atomic mass is 14.4. The zero-order chi connectivity index (χ0) is 37.7. The first-order valence-electron chi connectivity index (χ1n) is 20.9. The predicted octanol–water partition coefficient (Wildman–Crippen LogP) is 13.6. The summed E-state index contributed by atoms with van der Waals surface area (Å²) in [6, 6.07) is 7.60. The molecule has 270 valence electrons. The second-order valence-electron chi connectivity index (χ2n) is 17.8. The standard InChI is InChI=1S/C57H42/c1-31-22-37-7-4-34-10-16-46(49-19-13-40(25-31)52(37)55(34)49)43-28-44(47-17-11-35-5-8-38-23-32(2)26-41-14-20-50(47)56(35)53(38)41)30-45(29-43)48-18-12-36-6-9-39-24-33(3)27-42-15-21-51(48)57(36)54(39)42/h4-11,13-22,24-30,46,52,54,56H,12,23H2,1-3H3. The second-order valence-corrected chi connectivity index (χ2v) is 17.8. The lowest BCUT2D eigenvalue weighted by Gasteiger charge is -2.39. The Hall–Kier alpha value is -6.24. The van der Waals surface area contributed by atoms with Gasteiger partial charge in [0.2, 0.25) is 0 Å². The molecule has 12 aliphatic carbocycles. The number of benzene rings is 1. The van der Waals surface area contributed by atoms with Crippen molar-refractivity contribution in [2.24, 2.45) is 17.8 Å². The normalized spacial score (nSPS) is 28.8. The van der Waals surface area contributed by atoms with Crippen LogP contribution in [0, 0.1) is 17.8 Å². The third kappa shape index (κ3) is 4.50. The minimum absolute atomic E-state index is 0.157. The van der Waals surface area contributed by atoms with Crippen molar-refractivity contribution in [3.63, 3.8) is 0 Å². The Morgan fingerprint density at radius 1 is 0.509 bits per heavy atom. The molecule has 0 saturated carbocycles. The van der Waals surface area contributed by atoms with Crippen molar-refractivity contribution in [1.82, 2.24) is 0 Å². The summed E-state index contributed by atoms with van der Waals surface area (Å²) in [6.45, 7) is 6.73. The molecule has 13 rings (SSSR count). The Balaban J connectivity index is 1.00. The Kier molecular flexibility index (Phi) is 6.40. The van der Waals surface area contributed by atoms with Crippen LogP contribution in [-0.4, -0.2) is 0 Å². The summed E-state index contributed by atoms with van der Waals surface area (Å²) in [5.74, 6) is 1.07. The molecule has 0 bridgehead atoms. The van der Waals surface area contributed by atoms with E-state index >= 15 is 0 Å². The maximum absolute atomic E-state index is 2.54. The highest BCUT2D eigenvalue weighted by Crippen LogP contribution is 2.55. The molecule has 4 atom stereocenters. The van der Waals surface area contributed by atoms with Crippen molar-refractivity contribution in [3.05, 3.63) is 269 Å². The van der Waals surface area contributed by atoms with E-state index < -0.39 is 0 Å². The van der Waals surface area contributed by atoms with Gasteiger partial charge in [0.05, 0.1) is 0 Å². The molecule has 0 aromatic heterocycles. The van der Waals surface area contributed by atoms with Crippen molar-refractivity contribution in [1.29, 1.82) is 0 Å². The largest absolute Gasteiger partial charge is 0.0720 e. The lowest BCUT2D eigenvalue weighted by molar-refractivity contribution is 0.809. The van der Waals surface area contributed by atoms with Gasteiger partial charge in [0.25, 0.3) is 0 Å². The van der Waals surface area contributed by atoms with Crippen LogP contribution >= 0.6 is 0 Å². The third-order valence-electron chi connectivity index (χ3n) is 14.3. The van der Waals surface area contributed by atoms with E-state index in [-0.39, 0.29) is 11.8 Å². The van der Waals surface area contributed by atoms with Crippen molar-refractivity contribution in [3.8, 4) is 0 Å². The fourth-order valence-electron chi connectivity index (χ4n) is 12.0. The molecule has 12 aliphatic rings. The van der Waals surface area contributed by atoms with E-state index in [1.165, 1.54) is 128 Å². The van der Waals surface area contributed by atoms with Gasteiger partial charge in [-0.1, -0.05) is 163 Å². The molecule has 0 amide bonds. The number of hydrogen-bond acceptors (Lipinski definition) is 0. The van der Waals surface area contributed by atoms with E-state index in [2.05, 4.69) is 173 Å². The van der Waals surface area contributed by atoms with Crippen molar-refractivity contribution in [2.75, 3.05) is 0 Å². The van der Waals surface area contributed by atoms with E-state index in [9.17, 15) is 0 Å². The van der Waals surface area contributed by atoms with Gasteiger partial charge in [0, 0.05) is 23.7 Å². The van der Waals surface area contributed by atoms with Crippen molar-refractivity contribution in [2.45, 2.75) is 39.5 Å². The fraction of sp³-hybridized carbons (Fsp3) is 0.158. The zero-order valence-electron chi connectivity index (χ0n) is 32.7. The van der Waals surface area contributed by atoms with Gasteiger partial charge < -0.3 is 0 Å². The first kappa shape index (κ1) is 31.9. The molecule has 0 fully saturated rings. The zero-order valence-corrected chi connectivity index (χ0v) is 32.7. The molecule has 0 radical (unpaired) electrons. The van der Waals surface area contributed by atoms with Crippen molar-refractivity contribution >= 4 is 11.1 Å². The summed E-state index contributed by atoms with van der Waals surface area (Å²) in [4.78, 5) is 0. The van der Waals surface area contributed by atoms with Gasteiger partial charge in [-0.3, -0.25) is 0 Å². The van der Waals surface area contributed by atoms with E-state index in [1.54, 1.807) is 0 Å². The van der Waals surface area contributed by atoms with E-state index in [0.29, 0.717) is 11.8 Å². The maximum atomic E-state index is 2.54. The molecule has 0 aliphatic heterocycles. The summed E-state index contributed by atoms with van der Waals surface area (Å²) in [6.07, 6.45) is 54.9. The topological polar surface area (TPSA) is 0 Å². The highest BCUT2D eigenvalue weighted by Gasteiger charge is 2.39. The van der Waals surface area contributed by atoms with Crippen LogP contribution < -0.4 is 0 Å². The Morgan fingerprint density at radius 3 is 2.07 bits per heavy atom. The molecule has 0 spiro atoms. The Labute approximate surface area is 335 Å². The first-order valence-corrected chi connectivity index (χ1v) is 20.9. The summed E-state index contributed by atoms with van der Waals surface area (Å²) < 4.78 is 0. The number of allylic oxidation sites excluding steroid dienone is 42. The van der Waals surface area contributed by atoms with Crippen LogP contribution in [0.4, 0.5) is 0 Å². The minimum atomic E-state index is 0.157. The van der Waals surface area contributed by atoms with Gasteiger partial charge in [-0.15, -0.1) is 0 Å². The lowest BCUT2D eigenvalue weighted by Crippen LogP contribution is -2.24. The van der Waals surface area contributed by atoms with E-state index in [1.807, 2.05) is 0 Å². The Bertz CT molecular complexity index is 2980. The minimum Gasteiger partial charge on any atom is -0.0720 e. The van der Waals surface area contributed by atoms with Gasteiger partial charge in [-0.05, 0) is 151 Å². The number of rotatable bonds is 3. The summed E-state index contributed by atoms with van der Waals surface area (Å²) >= 11 is 0. The monoisotopic (exact) mass is 726 g/mol. The van der Waals surface area contributed by atoms with Crippen LogP contribution in [-0.2, 0) is 0 Å². The number of hydrogen-bond donors (Lipinski definition) is 0. The van der Waals surface area contributed by atoms with E-state index in [0.717, 1.165) is 12.8 Å². The predicted molar refractivity (Wildman–Crippen MR) is 236 cm³/mol. The average Bonchev–Trinajstić information content (AvgIpc) is 3.22. The fourth-order valence-corrected chi connectivity index (χ4v) is 12.0. The van der Waals surface area contributed by atoms with Crippen LogP contribution in [0.1, 0.15) is 56.2 Å². The average molecular weight is 727 g/mol. The SMILES string of the molecule is CC1=CC2=CC=C3CC=C(c4cc(C5=CC=C6C=CC7=C8C(=CC=C5C68)C=C(C)C7)cc(C5C=CC6=CC=C7C=C(C)C=C8C=CC5=C6C78)c4)C4=C3C2C(=C1)C=C4. The smallest absolute Gasteiger partial charge is 0.0354 e. The van der Waals surface area contributed by atoms with Crippen molar-refractivity contribution < 1.29 is 0 Å². The van der Waals surface area contributed by atoms with Crippen LogP contribution in [0.3, 0.4) is 0 Å². The van der Waals surface area contributed by atoms with E-state index in [4.69, 9.17) is 0 Å². The van der Waals surface area contributed by atoms with Crippen LogP contribution in [0.25, 0.3) is 11.1 Å². The molecule has 0 heterocycles. The second kappa shape index (κ2) is 11.4. The Morgan fingerprint density at radius 2 is 1.23 bits per heavy atom. The van der Waals surface area contributed by atoms with Crippen LogP contribution in [0.2, 0.25) is 0 Å². The molecule has 4 unspecified atom stereocenters. The van der Waals surface area contributed by atoms with Gasteiger partial charge in [0.15, 0.2) is 0 Å². The lowest BCUT2D eigenvalue weighted by atomic mass is 9.64. The third-order valence-corrected chi connectivity index (χ3v) is 14.3. The van der Waals surface area contributed by atoms with Gasteiger partial charge in [0.1, 0.15) is 0 Å². The molecule has 1 aromatic carbocycles. The van der Waals surface area contributed by atoms with Gasteiger partial charge >= 0.3 is 0 Å². The summed E-state index contributed by atoms with van der Waals surface area (Å²) in [5.41, 5.74) is 32.4. The molecular weight excluding hydrogens is 685 g/mol. The van der Waals surface area contributed by atoms with Gasteiger partial charge in [-0.2, -0.15) is 0 Å². The van der Waals surface area contributed by atoms with Crippen LogP contribution in [0.5, 0.6) is 0 Å². The highest BCUT2D eigenvalue weighted by molar-refractivity contribution is 5.93. The molecule has 0 nitrogen and oxygen atoms in total. The molecule has 0 N–H and O–H groups in total. The maximum Gasteiger partial charge on any atom is 0.0354 e. The molecule has 1 aromatic rings. The molecule has 0 saturated heterocycles. The molecule has 0 heteroatoms. The molecule has 57 heavy (non-hydrogen) atoms. The van der Waals surface area contributed by atoms with Crippen LogP contribution in [0.15, 0.2) is 252 Å². The summed E-state index contributed by atoms with van der Waals surface area (Å²) in [5, 5.41) is 0. The quantitative estimate of drug-likeness (QED) is 0.291.